The second kappa shape index (κ2) is 2.79. The van der Waals surface area contributed by atoms with Crippen LogP contribution in [0.2, 0.25) is 0 Å². The lowest BCUT2D eigenvalue weighted by Crippen LogP contribution is -2.00. The van der Waals surface area contributed by atoms with Gasteiger partial charge < -0.3 is 10.5 Å². The maximum Gasteiger partial charge on any atom is 0.121 e. The third kappa shape index (κ3) is 1.18. The normalized spacial score (nSPS) is 23.2. The van der Waals surface area contributed by atoms with Crippen LogP contribution >= 0.6 is 0 Å². The van der Waals surface area contributed by atoms with E-state index in [0.29, 0.717) is 5.92 Å². The molecule has 0 radical (unpaired) electrons. The van der Waals surface area contributed by atoms with Gasteiger partial charge in [-0.05, 0) is 6.42 Å². The van der Waals surface area contributed by atoms with Gasteiger partial charge >= 0.3 is 0 Å². The Kier molecular flexibility index (Phi) is 1.77. The molecule has 0 aliphatic carbocycles. The quantitative estimate of drug-likeness (QED) is 0.663. The summed E-state index contributed by atoms with van der Waals surface area (Å²) in [7, 11) is 1.86. The molecule has 2 N–H and O–H groups in total. The lowest BCUT2D eigenvalue weighted by molar-refractivity contribution is 0.193. The Hall–Kier alpha value is -1.03. The monoisotopic (exact) mass is 167 g/mol. The molecule has 1 saturated heterocycles. The molecule has 0 bridgehead atoms. The number of nitrogen functional groups attached to an aromatic ring is 1. The van der Waals surface area contributed by atoms with Crippen LogP contribution in [0.25, 0.3) is 0 Å². The first kappa shape index (κ1) is 7.61. The smallest absolute Gasteiger partial charge is 0.121 e. The van der Waals surface area contributed by atoms with Crippen molar-refractivity contribution in [2.75, 3.05) is 18.9 Å². The molecule has 1 aromatic rings. The SMILES string of the molecule is Cn1nc(C2CCOC2)cc1N. The average Bonchev–Trinajstić information content (AvgIpc) is 2.61. The van der Waals surface area contributed by atoms with Gasteiger partial charge in [0, 0.05) is 25.6 Å². The Morgan fingerprint density at radius 2 is 2.58 bits per heavy atom. The van der Waals surface area contributed by atoms with E-state index in [0.717, 1.165) is 31.1 Å². The summed E-state index contributed by atoms with van der Waals surface area (Å²) in [6, 6.07) is 1.93. The fraction of sp³-hybridized carbons (Fsp3) is 0.625. The molecule has 4 heteroatoms. The number of anilines is 1. The third-order valence-electron chi connectivity index (χ3n) is 2.28. The molecular formula is C8H13N3O. The molecule has 66 valence electrons. The summed E-state index contributed by atoms with van der Waals surface area (Å²) in [6.07, 6.45) is 1.07. The summed E-state index contributed by atoms with van der Waals surface area (Å²) >= 11 is 0. The van der Waals surface area contributed by atoms with Crippen molar-refractivity contribution in [1.82, 2.24) is 9.78 Å². The van der Waals surface area contributed by atoms with Gasteiger partial charge in [0.25, 0.3) is 0 Å². The molecule has 12 heavy (non-hydrogen) atoms. The molecule has 1 unspecified atom stereocenters. The van der Waals surface area contributed by atoms with Crippen molar-refractivity contribution >= 4 is 5.82 Å². The van der Waals surface area contributed by atoms with E-state index in [4.69, 9.17) is 10.5 Å². The standard InChI is InChI=1S/C8H13N3O/c1-11-8(9)4-7(10-11)6-2-3-12-5-6/h4,6H,2-3,5,9H2,1H3. The summed E-state index contributed by atoms with van der Waals surface area (Å²) in [5.74, 6) is 1.17. The molecule has 1 atom stereocenters. The molecule has 1 aliphatic heterocycles. The van der Waals surface area contributed by atoms with Crippen LogP contribution in [0, 0.1) is 0 Å². The Balaban J connectivity index is 2.21. The zero-order valence-corrected chi connectivity index (χ0v) is 7.16. The summed E-state index contributed by atoms with van der Waals surface area (Å²) in [5.41, 5.74) is 6.73. The van der Waals surface area contributed by atoms with Crippen LogP contribution in [0.4, 0.5) is 5.82 Å². The summed E-state index contributed by atoms with van der Waals surface area (Å²) in [6.45, 7) is 1.64. The van der Waals surface area contributed by atoms with Crippen LogP contribution in [0.5, 0.6) is 0 Å². The molecule has 2 rings (SSSR count). The van der Waals surface area contributed by atoms with Crippen LogP contribution in [-0.2, 0) is 11.8 Å². The highest BCUT2D eigenvalue weighted by molar-refractivity contribution is 5.32. The molecule has 4 nitrogen and oxygen atoms in total. The molecule has 0 spiro atoms. The van der Waals surface area contributed by atoms with E-state index in [9.17, 15) is 0 Å². The predicted molar refractivity (Wildman–Crippen MR) is 45.8 cm³/mol. The van der Waals surface area contributed by atoms with Crippen LogP contribution in [0.3, 0.4) is 0 Å². The topological polar surface area (TPSA) is 53.1 Å². The minimum Gasteiger partial charge on any atom is -0.384 e. The second-order valence-corrected chi connectivity index (χ2v) is 3.18. The highest BCUT2D eigenvalue weighted by Crippen LogP contribution is 2.24. The lowest BCUT2D eigenvalue weighted by Gasteiger charge is -2.00. The van der Waals surface area contributed by atoms with Gasteiger partial charge in [0.2, 0.25) is 0 Å². The number of nitrogens with two attached hydrogens (primary N) is 1. The Morgan fingerprint density at radius 3 is 3.08 bits per heavy atom. The summed E-state index contributed by atoms with van der Waals surface area (Å²) in [4.78, 5) is 0. The first-order valence-electron chi connectivity index (χ1n) is 4.14. The fourth-order valence-electron chi connectivity index (χ4n) is 1.47. The number of rotatable bonds is 1. The van der Waals surface area contributed by atoms with Gasteiger partial charge in [-0.2, -0.15) is 5.10 Å². The maximum absolute atomic E-state index is 5.67. The van der Waals surface area contributed by atoms with Gasteiger partial charge in [0.15, 0.2) is 0 Å². The number of nitrogens with zero attached hydrogens (tertiary/aromatic N) is 2. The Bertz CT molecular complexity index is 256. The molecule has 0 amide bonds. The van der Waals surface area contributed by atoms with E-state index < -0.39 is 0 Å². The molecular weight excluding hydrogens is 154 g/mol. The minimum absolute atomic E-state index is 0.452. The minimum atomic E-state index is 0.452. The molecule has 2 heterocycles. The number of aromatic nitrogens is 2. The highest BCUT2D eigenvalue weighted by Gasteiger charge is 2.20. The molecule has 0 aromatic carbocycles. The summed E-state index contributed by atoms with van der Waals surface area (Å²) in [5, 5.41) is 4.30. The maximum atomic E-state index is 5.67. The van der Waals surface area contributed by atoms with E-state index in [1.165, 1.54) is 0 Å². The zero-order chi connectivity index (χ0) is 8.55. The zero-order valence-electron chi connectivity index (χ0n) is 7.16. The van der Waals surface area contributed by atoms with Crippen molar-refractivity contribution < 1.29 is 4.74 Å². The molecule has 1 fully saturated rings. The summed E-state index contributed by atoms with van der Waals surface area (Å²) < 4.78 is 6.97. The van der Waals surface area contributed by atoms with Crippen molar-refractivity contribution in [2.24, 2.45) is 7.05 Å². The predicted octanol–water partition coefficient (Wildman–Crippen LogP) is 0.506. The number of hydrogen-bond acceptors (Lipinski definition) is 3. The number of aryl methyl sites for hydroxylation is 1. The van der Waals surface area contributed by atoms with Gasteiger partial charge in [0.1, 0.15) is 5.82 Å². The average molecular weight is 167 g/mol. The van der Waals surface area contributed by atoms with Crippen molar-refractivity contribution in [3.05, 3.63) is 11.8 Å². The van der Waals surface area contributed by atoms with Crippen LogP contribution < -0.4 is 5.73 Å². The third-order valence-corrected chi connectivity index (χ3v) is 2.28. The van der Waals surface area contributed by atoms with Gasteiger partial charge in [-0.1, -0.05) is 0 Å². The van der Waals surface area contributed by atoms with Crippen molar-refractivity contribution in [1.29, 1.82) is 0 Å². The van der Waals surface area contributed by atoms with Crippen molar-refractivity contribution in [3.8, 4) is 0 Å². The van der Waals surface area contributed by atoms with Gasteiger partial charge in [0.05, 0.1) is 12.3 Å². The van der Waals surface area contributed by atoms with E-state index in [2.05, 4.69) is 5.10 Å². The second-order valence-electron chi connectivity index (χ2n) is 3.18. The first-order valence-corrected chi connectivity index (χ1v) is 4.14. The molecule has 1 aromatic heterocycles. The van der Waals surface area contributed by atoms with Crippen molar-refractivity contribution in [2.45, 2.75) is 12.3 Å². The highest BCUT2D eigenvalue weighted by atomic mass is 16.5. The van der Waals surface area contributed by atoms with Crippen molar-refractivity contribution in [3.63, 3.8) is 0 Å². The van der Waals surface area contributed by atoms with Gasteiger partial charge in [-0.3, -0.25) is 4.68 Å². The van der Waals surface area contributed by atoms with Gasteiger partial charge in [-0.15, -0.1) is 0 Å². The van der Waals surface area contributed by atoms with E-state index in [1.54, 1.807) is 4.68 Å². The molecule has 0 saturated carbocycles. The first-order chi connectivity index (χ1) is 5.77. The van der Waals surface area contributed by atoms with Crippen LogP contribution in [-0.4, -0.2) is 23.0 Å². The van der Waals surface area contributed by atoms with Crippen LogP contribution in [0.15, 0.2) is 6.07 Å². The molecule has 1 aliphatic rings. The Labute approximate surface area is 71.3 Å². The lowest BCUT2D eigenvalue weighted by atomic mass is 10.1. The van der Waals surface area contributed by atoms with E-state index in [-0.39, 0.29) is 0 Å². The number of ether oxygens (including phenoxy) is 1. The largest absolute Gasteiger partial charge is 0.384 e. The van der Waals surface area contributed by atoms with E-state index in [1.807, 2.05) is 13.1 Å². The van der Waals surface area contributed by atoms with E-state index >= 15 is 0 Å². The van der Waals surface area contributed by atoms with Crippen LogP contribution in [0.1, 0.15) is 18.0 Å². The Morgan fingerprint density at radius 1 is 1.75 bits per heavy atom. The fourth-order valence-corrected chi connectivity index (χ4v) is 1.47. The number of hydrogen-bond donors (Lipinski definition) is 1. The van der Waals surface area contributed by atoms with Gasteiger partial charge in [-0.25, -0.2) is 0 Å².